The number of fused-ring (bicyclic) bond motifs is 1. The molecular formula is C18H21NO2. The largest absolute Gasteiger partial charge is 0.389 e. The third-order valence-corrected chi connectivity index (χ3v) is 3.32. The van der Waals surface area contributed by atoms with E-state index in [-0.39, 0.29) is 5.43 Å². The van der Waals surface area contributed by atoms with Crippen LogP contribution in [0, 0.1) is 0 Å². The number of hydrogen-bond acceptors (Lipinski definition) is 2. The van der Waals surface area contributed by atoms with Gasteiger partial charge >= 0.3 is 0 Å². The van der Waals surface area contributed by atoms with Crippen LogP contribution in [0.1, 0.15) is 25.5 Å². The molecule has 2 N–H and O–H groups in total. The molecule has 1 aromatic carbocycles. The summed E-state index contributed by atoms with van der Waals surface area (Å²) in [6.45, 7) is 2.07. The van der Waals surface area contributed by atoms with Crippen molar-refractivity contribution in [3.63, 3.8) is 0 Å². The molecule has 0 aliphatic carbocycles. The van der Waals surface area contributed by atoms with Gasteiger partial charge in [0.15, 0.2) is 5.43 Å². The van der Waals surface area contributed by atoms with E-state index in [0.29, 0.717) is 18.2 Å². The van der Waals surface area contributed by atoms with E-state index in [1.807, 2.05) is 42.5 Å². The summed E-state index contributed by atoms with van der Waals surface area (Å²) in [5, 5.41) is 10.6. The maximum atomic E-state index is 12.0. The second kappa shape index (κ2) is 7.60. The number of benzene rings is 1. The van der Waals surface area contributed by atoms with Crippen LogP contribution in [0.2, 0.25) is 0 Å². The molecule has 1 heterocycles. The Kier molecular flexibility index (Phi) is 5.52. The van der Waals surface area contributed by atoms with Crippen LogP contribution in [0.3, 0.4) is 0 Å². The third kappa shape index (κ3) is 4.43. The fourth-order valence-corrected chi connectivity index (χ4v) is 2.19. The molecular weight excluding hydrogens is 262 g/mol. The van der Waals surface area contributed by atoms with Crippen LogP contribution < -0.4 is 5.43 Å². The van der Waals surface area contributed by atoms with Gasteiger partial charge in [-0.15, -0.1) is 0 Å². The fraction of sp³-hybridized carbons (Fsp3) is 0.278. The molecule has 21 heavy (non-hydrogen) atoms. The Morgan fingerprint density at radius 1 is 1.29 bits per heavy atom. The molecule has 0 saturated carbocycles. The molecule has 1 aromatic heterocycles. The second-order valence-electron chi connectivity index (χ2n) is 5.03. The zero-order chi connectivity index (χ0) is 15.1. The summed E-state index contributed by atoms with van der Waals surface area (Å²) >= 11 is 0. The van der Waals surface area contributed by atoms with Crippen molar-refractivity contribution in [2.75, 3.05) is 0 Å². The molecule has 0 bridgehead atoms. The number of aliphatic hydroxyl groups excluding tert-OH is 1. The quantitative estimate of drug-likeness (QED) is 0.799. The lowest BCUT2D eigenvalue weighted by Gasteiger charge is -2.07. The van der Waals surface area contributed by atoms with Crippen molar-refractivity contribution in [2.24, 2.45) is 0 Å². The van der Waals surface area contributed by atoms with E-state index in [2.05, 4.69) is 11.9 Å². The molecule has 0 saturated heterocycles. The minimum atomic E-state index is -0.499. The molecule has 110 valence electrons. The number of aliphatic hydroxyl groups is 1. The SMILES string of the molecule is CC/C=C\C=C\[C@@H](O)CCc1cc(=O)c2ccccc2[nH]1. The highest BCUT2D eigenvalue weighted by molar-refractivity contribution is 5.78. The van der Waals surface area contributed by atoms with Gasteiger partial charge < -0.3 is 10.1 Å². The molecule has 0 fully saturated rings. The van der Waals surface area contributed by atoms with Crippen molar-refractivity contribution in [2.45, 2.75) is 32.3 Å². The minimum Gasteiger partial charge on any atom is -0.389 e. The summed E-state index contributed by atoms with van der Waals surface area (Å²) in [5.74, 6) is 0. The molecule has 2 aromatic rings. The van der Waals surface area contributed by atoms with Crippen LogP contribution in [0.25, 0.3) is 10.9 Å². The molecule has 0 unspecified atom stereocenters. The number of H-pyrrole nitrogens is 1. The number of rotatable bonds is 6. The average Bonchev–Trinajstić information content (AvgIpc) is 2.50. The number of aryl methyl sites for hydroxylation is 1. The van der Waals surface area contributed by atoms with E-state index < -0.39 is 6.10 Å². The lowest BCUT2D eigenvalue weighted by atomic mass is 10.1. The standard InChI is InChI=1S/C18H21NO2/c1-2-3-4-5-8-15(20)12-11-14-13-18(21)16-9-6-7-10-17(16)19-14/h3-10,13,15,20H,2,11-12H2,1H3,(H,19,21)/b4-3-,8-5+/t15-/m1/s1. The van der Waals surface area contributed by atoms with E-state index in [4.69, 9.17) is 0 Å². The molecule has 0 radical (unpaired) electrons. The van der Waals surface area contributed by atoms with Crippen molar-refractivity contribution >= 4 is 10.9 Å². The van der Waals surface area contributed by atoms with Gasteiger partial charge in [-0.2, -0.15) is 0 Å². The molecule has 3 heteroatoms. The first-order valence-corrected chi connectivity index (χ1v) is 7.33. The molecule has 0 amide bonds. The Hall–Kier alpha value is -2.13. The van der Waals surface area contributed by atoms with Crippen LogP contribution in [0.15, 0.2) is 59.4 Å². The number of para-hydroxylation sites is 1. The molecule has 0 aliphatic rings. The van der Waals surface area contributed by atoms with Crippen molar-refractivity contribution in [1.29, 1.82) is 0 Å². The Bertz CT molecular complexity index is 698. The van der Waals surface area contributed by atoms with Crippen LogP contribution in [-0.4, -0.2) is 16.2 Å². The highest BCUT2D eigenvalue weighted by Crippen LogP contribution is 2.09. The van der Waals surface area contributed by atoms with Crippen molar-refractivity contribution in [1.82, 2.24) is 4.98 Å². The lowest BCUT2D eigenvalue weighted by molar-refractivity contribution is 0.212. The zero-order valence-corrected chi connectivity index (χ0v) is 12.3. The van der Waals surface area contributed by atoms with Gasteiger partial charge in [0.1, 0.15) is 0 Å². The van der Waals surface area contributed by atoms with Crippen LogP contribution in [0.5, 0.6) is 0 Å². The summed E-state index contributed by atoms with van der Waals surface area (Å²) in [6.07, 6.45) is 9.31. The van der Waals surface area contributed by atoms with Crippen LogP contribution >= 0.6 is 0 Å². The number of aromatic nitrogens is 1. The minimum absolute atomic E-state index is 0.0234. The third-order valence-electron chi connectivity index (χ3n) is 3.32. The van der Waals surface area contributed by atoms with Crippen LogP contribution in [-0.2, 0) is 6.42 Å². The van der Waals surface area contributed by atoms with Crippen molar-refractivity contribution < 1.29 is 5.11 Å². The summed E-state index contributed by atoms with van der Waals surface area (Å²) in [6, 6.07) is 9.09. The summed E-state index contributed by atoms with van der Waals surface area (Å²) in [5.41, 5.74) is 1.72. The average molecular weight is 283 g/mol. The smallest absolute Gasteiger partial charge is 0.189 e. The van der Waals surface area contributed by atoms with Gasteiger partial charge in [-0.05, 0) is 31.4 Å². The van der Waals surface area contributed by atoms with E-state index in [9.17, 15) is 9.90 Å². The van der Waals surface area contributed by atoms with Gasteiger partial charge in [-0.1, -0.05) is 43.4 Å². The lowest BCUT2D eigenvalue weighted by Crippen LogP contribution is -2.08. The number of allylic oxidation sites excluding steroid dienone is 3. The van der Waals surface area contributed by atoms with Gasteiger partial charge in [0.2, 0.25) is 0 Å². The predicted molar refractivity (Wildman–Crippen MR) is 87.5 cm³/mol. The number of hydrogen-bond donors (Lipinski definition) is 2. The van der Waals surface area contributed by atoms with Crippen molar-refractivity contribution in [3.8, 4) is 0 Å². The number of nitrogens with one attached hydrogen (secondary N) is 1. The Labute approximate surface area is 124 Å². The van der Waals surface area contributed by atoms with Crippen LogP contribution in [0.4, 0.5) is 0 Å². The maximum absolute atomic E-state index is 12.0. The highest BCUT2D eigenvalue weighted by Gasteiger charge is 2.04. The second-order valence-corrected chi connectivity index (χ2v) is 5.03. The normalized spacial score (nSPS) is 13.4. The van der Waals surface area contributed by atoms with Gasteiger partial charge in [-0.3, -0.25) is 4.79 Å². The maximum Gasteiger partial charge on any atom is 0.189 e. The molecule has 0 spiro atoms. The van der Waals surface area contributed by atoms with E-state index in [1.165, 1.54) is 0 Å². The first kappa shape index (κ1) is 15.3. The van der Waals surface area contributed by atoms with E-state index in [1.54, 1.807) is 12.1 Å². The Morgan fingerprint density at radius 3 is 2.90 bits per heavy atom. The molecule has 3 nitrogen and oxygen atoms in total. The molecule has 0 aliphatic heterocycles. The summed E-state index contributed by atoms with van der Waals surface area (Å²) in [7, 11) is 0. The number of aromatic amines is 1. The number of pyridine rings is 1. The molecule has 1 atom stereocenters. The summed E-state index contributed by atoms with van der Waals surface area (Å²) < 4.78 is 0. The Balaban J connectivity index is 2.02. The van der Waals surface area contributed by atoms with Gasteiger partial charge in [0.05, 0.1) is 6.10 Å². The van der Waals surface area contributed by atoms with E-state index in [0.717, 1.165) is 17.6 Å². The van der Waals surface area contributed by atoms with Crippen molar-refractivity contribution in [3.05, 3.63) is 70.6 Å². The van der Waals surface area contributed by atoms with Gasteiger partial charge in [0, 0.05) is 22.7 Å². The first-order chi connectivity index (χ1) is 10.2. The van der Waals surface area contributed by atoms with Gasteiger partial charge in [-0.25, -0.2) is 0 Å². The summed E-state index contributed by atoms with van der Waals surface area (Å²) in [4.78, 5) is 15.2. The molecule has 2 rings (SSSR count). The predicted octanol–water partition coefficient (Wildman–Crippen LogP) is 3.34. The van der Waals surface area contributed by atoms with Gasteiger partial charge in [0.25, 0.3) is 0 Å². The zero-order valence-electron chi connectivity index (χ0n) is 12.3. The van der Waals surface area contributed by atoms with E-state index >= 15 is 0 Å². The monoisotopic (exact) mass is 283 g/mol. The first-order valence-electron chi connectivity index (χ1n) is 7.33. The Morgan fingerprint density at radius 2 is 2.10 bits per heavy atom. The topological polar surface area (TPSA) is 53.1 Å². The fourth-order valence-electron chi connectivity index (χ4n) is 2.19. The highest BCUT2D eigenvalue weighted by atomic mass is 16.3.